The highest BCUT2D eigenvalue weighted by atomic mass is 35.5. The zero-order chi connectivity index (χ0) is 17.4. The number of aromatic nitrogens is 1. The van der Waals surface area contributed by atoms with Gasteiger partial charge in [0.15, 0.2) is 5.96 Å². The molecule has 0 spiro atoms. The van der Waals surface area contributed by atoms with Crippen LogP contribution in [0, 0.1) is 0 Å². The Morgan fingerprint density at radius 2 is 2.42 bits per heavy atom. The van der Waals surface area contributed by atoms with E-state index in [-0.39, 0.29) is 0 Å². The molecule has 1 fully saturated rings. The molecule has 0 bridgehead atoms. The van der Waals surface area contributed by atoms with E-state index in [2.05, 4.69) is 15.2 Å². The van der Waals surface area contributed by atoms with Gasteiger partial charge in [0.1, 0.15) is 0 Å². The van der Waals surface area contributed by atoms with Gasteiger partial charge >= 0.3 is 0 Å². The second-order valence-electron chi connectivity index (χ2n) is 6.15. The summed E-state index contributed by atoms with van der Waals surface area (Å²) >= 11 is 6.03. The van der Waals surface area contributed by atoms with E-state index < -0.39 is 0 Å². The van der Waals surface area contributed by atoms with Gasteiger partial charge < -0.3 is 24.3 Å². The summed E-state index contributed by atoms with van der Waals surface area (Å²) in [6.07, 6.45) is 5.43. The molecule has 1 aromatic heterocycles. The van der Waals surface area contributed by atoms with Crippen LogP contribution in [0.5, 0.6) is 0 Å². The number of nitrogens with zero attached hydrogens (tertiary/aromatic N) is 3. The topological polar surface area (TPSA) is 51.0 Å². The van der Waals surface area contributed by atoms with Gasteiger partial charge in [0.05, 0.1) is 24.3 Å². The summed E-state index contributed by atoms with van der Waals surface area (Å²) in [6.45, 7) is 3.91. The maximum absolute atomic E-state index is 6.03. The monoisotopic (exact) mass is 356 g/mol. The van der Waals surface area contributed by atoms with Gasteiger partial charge in [0, 0.05) is 52.8 Å². The van der Waals surface area contributed by atoms with Gasteiger partial charge in [-0.1, -0.05) is 11.6 Å². The molecule has 7 heteroatoms. The van der Waals surface area contributed by atoms with E-state index in [1.54, 1.807) is 7.05 Å². The van der Waals surface area contributed by atoms with E-state index in [1.165, 1.54) is 0 Å². The Morgan fingerprint density at radius 3 is 3.04 bits per heavy atom. The highest BCUT2D eigenvalue weighted by Crippen LogP contribution is 2.14. The lowest BCUT2D eigenvalue weighted by atomic mass is 10.2. The maximum Gasteiger partial charge on any atom is 0.193 e. The molecule has 0 aliphatic carbocycles. The van der Waals surface area contributed by atoms with Crippen LogP contribution in [0.2, 0.25) is 5.02 Å². The molecular formula is C17H29ClN4O2. The number of halogens is 1. The van der Waals surface area contributed by atoms with Crippen LogP contribution >= 0.6 is 11.6 Å². The molecule has 0 saturated carbocycles. The predicted molar refractivity (Wildman–Crippen MR) is 97.7 cm³/mol. The highest BCUT2D eigenvalue weighted by Gasteiger charge is 2.15. The van der Waals surface area contributed by atoms with Gasteiger partial charge in [-0.3, -0.25) is 4.99 Å². The van der Waals surface area contributed by atoms with E-state index in [4.69, 9.17) is 21.1 Å². The van der Waals surface area contributed by atoms with Gasteiger partial charge in [0.2, 0.25) is 0 Å². The third-order valence-corrected chi connectivity index (χ3v) is 4.33. The Labute approximate surface area is 149 Å². The lowest BCUT2D eigenvalue weighted by molar-refractivity contribution is 0.0168. The second-order valence-corrected chi connectivity index (χ2v) is 6.59. The first-order valence-corrected chi connectivity index (χ1v) is 8.90. The molecule has 2 heterocycles. The molecule has 0 aromatic carbocycles. The molecule has 6 nitrogen and oxygen atoms in total. The van der Waals surface area contributed by atoms with Crippen molar-refractivity contribution in [3.8, 4) is 0 Å². The number of guanidine groups is 1. The van der Waals surface area contributed by atoms with Gasteiger partial charge in [-0.25, -0.2) is 0 Å². The number of hydrogen-bond acceptors (Lipinski definition) is 3. The minimum atomic E-state index is 0.300. The van der Waals surface area contributed by atoms with Crippen molar-refractivity contribution in [2.75, 3.05) is 40.5 Å². The number of aryl methyl sites for hydroxylation is 1. The molecule has 1 aromatic rings. The summed E-state index contributed by atoms with van der Waals surface area (Å²) in [7, 11) is 5.81. The van der Waals surface area contributed by atoms with Gasteiger partial charge in [-0.15, -0.1) is 0 Å². The lowest BCUT2D eigenvalue weighted by Gasteiger charge is -2.22. The number of aliphatic imine (C=N–C) groups is 1. The summed E-state index contributed by atoms with van der Waals surface area (Å²) in [6, 6.07) is 1.98. The van der Waals surface area contributed by atoms with Crippen LogP contribution in [-0.2, 0) is 23.1 Å². The van der Waals surface area contributed by atoms with Crippen LogP contribution in [0.1, 0.15) is 25.0 Å². The van der Waals surface area contributed by atoms with Gasteiger partial charge in [-0.05, 0) is 25.3 Å². The quantitative estimate of drug-likeness (QED) is 0.441. The van der Waals surface area contributed by atoms with E-state index in [0.717, 1.165) is 62.2 Å². The fourth-order valence-electron chi connectivity index (χ4n) is 2.79. The second kappa shape index (κ2) is 9.91. The minimum absolute atomic E-state index is 0.300. The Hall–Kier alpha value is -1.24. The highest BCUT2D eigenvalue weighted by molar-refractivity contribution is 6.30. The van der Waals surface area contributed by atoms with Crippen LogP contribution < -0.4 is 5.32 Å². The predicted octanol–water partition coefficient (Wildman–Crippen LogP) is 2.27. The smallest absolute Gasteiger partial charge is 0.193 e. The molecule has 1 aliphatic rings. The van der Waals surface area contributed by atoms with E-state index >= 15 is 0 Å². The molecule has 24 heavy (non-hydrogen) atoms. The Kier molecular flexibility index (Phi) is 7.88. The molecule has 1 aliphatic heterocycles. The van der Waals surface area contributed by atoms with Gasteiger partial charge in [0.25, 0.3) is 0 Å². The fourth-order valence-corrected chi connectivity index (χ4v) is 3.06. The summed E-state index contributed by atoms with van der Waals surface area (Å²) in [5.41, 5.74) is 1.14. The normalized spacial score (nSPS) is 18.2. The molecule has 1 saturated heterocycles. The van der Waals surface area contributed by atoms with Crippen molar-refractivity contribution in [3.63, 3.8) is 0 Å². The van der Waals surface area contributed by atoms with Crippen molar-refractivity contribution >= 4 is 17.6 Å². The summed E-state index contributed by atoms with van der Waals surface area (Å²) in [5.74, 6) is 0.867. The molecule has 0 amide bonds. The largest absolute Gasteiger partial charge is 0.379 e. The van der Waals surface area contributed by atoms with Crippen molar-refractivity contribution in [1.29, 1.82) is 0 Å². The van der Waals surface area contributed by atoms with Crippen molar-refractivity contribution in [2.24, 2.45) is 12.0 Å². The van der Waals surface area contributed by atoms with Crippen molar-refractivity contribution in [2.45, 2.75) is 31.9 Å². The Balaban J connectivity index is 1.63. The van der Waals surface area contributed by atoms with Crippen molar-refractivity contribution < 1.29 is 9.47 Å². The van der Waals surface area contributed by atoms with Crippen LogP contribution in [0.15, 0.2) is 17.3 Å². The molecule has 1 atom stereocenters. The van der Waals surface area contributed by atoms with E-state index in [1.807, 2.05) is 30.9 Å². The SMILES string of the molecule is CN=C(NCCCOCC1CCCO1)N(C)Cc1cc(Cl)cn1C. The van der Waals surface area contributed by atoms with Gasteiger partial charge in [-0.2, -0.15) is 0 Å². The van der Waals surface area contributed by atoms with Crippen molar-refractivity contribution in [3.05, 3.63) is 23.0 Å². The minimum Gasteiger partial charge on any atom is -0.379 e. The molecule has 1 N–H and O–H groups in total. The molecule has 0 radical (unpaired) electrons. The third kappa shape index (κ3) is 6.00. The zero-order valence-corrected chi connectivity index (χ0v) is 15.7. The third-order valence-electron chi connectivity index (χ3n) is 4.12. The Bertz CT molecular complexity index is 527. The Morgan fingerprint density at radius 1 is 1.58 bits per heavy atom. The average Bonchev–Trinajstić information content (AvgIpc) is 3.16. The number of nitrogens with one attached hydrogen (secondary N) is 1. The first-order valence-electron chi connectivity index (χ1n) is 8.52. The van der Waals surface area contributed by atoms with Crippen molar-refractivity contribution in [1.82, 2.24) is 14.8 Å². The summed E-state index contributed by atoms with van der Waals surface area (Å²) in [5, 5.41) is 4.12. The maximum atomic E-state index is 6.03. The van der Waals surface area contributed by atoms with Crippen LogP contribution in [-0.4, -0.2) is 62.0 Å². The number of ether oxygens (including phenoxy) is 2. The zero-order valence-electron chi connectivity index (χ0n) is 14.9. The van der Waals surface area contributed by atoms with Crippen LogP contribution in [0.25, 0.3) is 0 Å². The molecule has 1 unspecified atom stereocenters. The standard InChI is InChI=1S/C17H29ClN4O2/c1-19-17(22(3)12-15-10-14(18)11-21(15)2)20-7-5-8-23-13-16-6-4-9-24-16/h10-11,16H,4-9,12-13H2,1-3H3,(H,19,20). The van der Waals surface area contributed by atoms with Crippen LogP contribution in [0.4, 0.5) is 0 Å². The van der Waals surface area contributed by atoms with E-state index in [0.29, 0.717) is 12.7 Å². The molecule has 2 rings (SSSR count). The summed E-state index contributed by atoms with van der Waals surface area (Å²) < 4.78 is 13.2. The first kappa shape index (κ1) is 19.1. The average molecular weight is 357 g/mol. The first-order chi connectivity index (χ1) is 11.6. The number of rotatable bonds is 8. The van der Waals surface area contributed by atoms with Crippen LogP contribution in [0.3, 0.4) is 0 Å². The fraction of sp³-hybridized carbons (Fsp3) is 0.706. The number of hydrogen-bond donors (Lipinski definition) is 1. The molecular weight excluding hydrogens is 328 g/mol. The summed E-state index contributed by atoms with van der Waals surface area (Å²) in [4.78, 5) is 6.41. The van der Waals surface area contributed by atoms with E-state index in [9.17, 15) is 0 Å². The lowest BCUT2D eigenvalue weighted by Crippen LogP contribution is -2.39. The molecule has 136 valence electrons.